The van der Waals surface area contributed by atoms with Crippen molar-refractivity contribution in [2.75, 3.05) is 0 Å². The summed E-state index contributed by atoms with van der Waals surface area (Å²) in [4.78, 5) is 12.2. The summed E-state index contributed by atoms with van der Waals surface area (Å²) < 4.78 is 2.33. The minimum Gasteiger partial charge on any atom is -0.347 e. The van der Waals surface area contributed by atoms with E-state index in [1.54, 1.807) is 6.92 Å². The number of hydrogen-bond donors (Lipinski definition) is 0. The molecule has 0 amide bonds. The monoisotopic (exact) mass is 367 g/mol. The number of nitrogens with zero attached hydrogens (tertiary/aromatic N) is 1. The number of hydrogen-bond acceptors (Lipinski definition) is 1. The van der Waals surface area contributed by atoms with Crippen LogP contribution in [-0.4, -0.2) is 10.4 Å². The fourth-order valence-electron chi connectivity index (χ4n) is 5.03. The summed E-state index contributed by atoms with van der Waals surface area (Å²) in [6, 6.07) is 6.48. The normalized spacial score (nSPS) is 20.3. The van der Waals surface area contributed by atoms with Crippen LogP contribution in [0.1, 0.15) is 94.5 Å². The number of carbonyl (C=O) groups excluding carboxylic acids is 1. The molecule has 0 radical (unpaired) electrons. The Morgan fingerprint density at radius 2 is 1.70 bits per heavy atom. The topological polar surface area (TPSA) is 22.0 Å². The van der Waals surface area contributed by atoms with Crippen LogP contribution in [0.5, 0.6) is 0 Å². The van der Waals surface area contributed by atoms with Crippen molar-refractivity contribution in [3.05, 3.63) is 35.5 Å². The smallest absolute Gasteiger partial charge is 0.161 e. The predicted molar refractivity (Wildman–Crippen MR) is 116 cm³/mol. The van der Waals surface area contributed by atoms with Crippen molar-refractivity contribution < 1.29 is 4.79 Å². The number of carbonyl (C=O) groups is 1. The number of benzene rings is 1. The second-order valence-corrected chi connectivity index (χ2v) is 8.63. The molecule has 0 aliphatic heterocycles. The van der Waals surface area contributed by atoms with E-state index in [1.165, 1.54) is 74.3 Å². The van der Waals surface area contributed by atoms with Crippen molar-refractivity contribution in [3.63, 3.8) is 0 Å². The molecule has 148 valence electrons. The van der Waals surface area contributed by atoms with Crippen LogP contribution in [0.2, 0.25) is 0 Å². The van der Waals surface area contributed by atoms with Gasteiger partial charge in [0, 0.05) is 29.2 Å². The van der Waals surface area contributed by atoms with Gasteiger partial charge < -0.3 is 4.57 Å². The molecule has 1 fully saturated rings. The number of fused-ring (bicyclic) bond motifs is 1. The molecule has 1 aromatic carbocycles. The molecule has 2 nitrogen and oxygen atoms in total. The van der Waals surface area contributed by atoms with Crippen molar-refractivity contribution in [1.29, 1.82) is 0 Å². The molecule has 1 aromatic heterocycles. The summed E-state index contributed by atoms with van der Waals surface area (Å²) in [6.45, 7) is 7.21. The van der Waals surface area contributed by atoms with Crippen LogP contribution in [-0.2, 0) is 13.0 Å². The van der Waals surface area contributed by atoms with E-state index in [9.17, 15) is 4.79 Å². The Kier molecular flexibility index (Phi) is 7.15. The number of aromatic nitrogens is 1. The maximum atomic E-state index is 12.2. The van der Waals surface area contributed by atoms with Gasteiger partial charge in [0.05, 0.1) is 0 Å². The third-order valence-electron chi connectivity index (χ3n) is 6.70. The average molecular weight is 368 g/mol. The molecule has 0 saturated heterocycles. The second kappa shape index (κ2) is 9.57. The zero-order valence-corrected chi connectivity index (χ0v) is 17.6. The SMILES string of the molecule is CCCCC1CCC(CCCn2cc(C(C)=O)c3c(CC)cccc32)CC1. The highest BCUT2D eigenvalue weighted by atomic mass is 16.1. The third-order valence-corrected chi connectivity index (χ3v) is 6.70. The molecule has 1 aliphatic rings. The molecule has 1 aliphatic carbocycles. The lowest BCUT2D eigenvalue weighted by Crippen LogP contribution is -2.15. The van der Waals surface area contributed by atoms with Crippen molar-refractivity contribution in [3.8, 4) is 0 Å². The molecule has 27 heavy (non-hydrogen) atoms. The van der Waals surface area contributed by atoms with Gasteiger partial charge in [-0.25, -0.2) is 0 Å². The van der Waals surface area contributed by atoms with Crippen LogP contribution >= 0.6 is 0 Å². The van der Waals surface area contributed by atoms with Crippen LogP contribution in [0.4, 0.5) is 0 Å². The van der Waals surface area contributed by atoms with E-state index in [1.807, 2.05) is 0 Å². The molecule has 1 heterocycles. The number of unbranched alkanes of at least 4 members (excludes halogenated alkanes) is 1. The molecule has 3 rings (SSSR count). The highest BCUT2D eigenvalue weighted by molar-refractivity contribution is 6.08. The molecule has 0 atom stereocenters. The van der Waals surface area contributed by atoms with Gasteiger partial charge in [-0.3, -0.25) is 4.79 Å². The maximum Gasteiger partial charge on any atom is 0.161 e. The first-order chi connectivity index (χ1) is 13.1. The minimum atomic E-state index is 0.185. The zero-order chi connectivity index (χ0) is 19.2. The van der Waals surface area contributed by atoms with Gasteiger partial charge in [0.25, 0.3) is 0 Å². The number of Topliss-reactive ketones (excluding diaryl/α,β-unsaturated/α-hetero) is 1. The van der Waals surface area contributed by atoms with Gasteiger partial charge in [-0.1, -0.05) is 70.9 Å². The van der Waals surface area contributed by atoms with E-state index >= 15 is 0 Å². The quantitative estimate of drug-likeness (QED) is 0.430. The zero-order valence-electron chi connectivity index (χ0n) is 17.6. The highest BCUT2D eigenvalue weighted by Crippen LogP contribution is 2.34. The first kappa shape index (κ1) is 20.2. The Labute approximate surface area is 165 Å². The van der Waals surface area contributed by atoms with Crippen LogP contribution in [0.25, 0.3) is 10.9 Å². The van der Waals surface area contributed by atoms with Crippen molar-refractivity contribution in [1.82, 2.24) is 4.57 Å². The Morgan fingerprint density at radius 1 is 1.04 bits per heavy atom. The molecule has 0 unspecified atom stereocenters. The van der Waals surface area contributed by atoms with Gasteiger partial charge in [0.2, 0.25) is 0 Å². The van der Waals surface area contributed by atoms with Gasteiger partial charge >= 0.3 is 0 Å². The van der Waals surface area contributed by atoms with E-state index in [0.717, 1.165) is 30.4 Å². The summed E-state index contributed by atoms with van der Waals surface area (Å²) in [5.74, 6) is 2.11. The van der Waals surface area contributed by atoms with Gasteiger partial charge in [-0.05, 0) is 49.7 Å². The standard InChI is InChI=1S/C25H37NO/c1-4-6-9-20-13-15-21(16-14-20)10-8-17-26-18-23(19(3)27)25-22(5-2)11-7-12-24(25)26/h7,11-12,18,20-21H,4-6,8-10,13-17H2,1-3H3. The van der Waals surface area contributed by atoms with Gasteiger partial charge in [-0.15, -0.1) is 0 Å². The fraction of sp³-hybridized carbons (Fsp3) is 0.640. The van der Waals surface area contributed by atoms with E-state index in [4.69, 9.17) is 0 Å². The Balaban J connectivity index is 1.59. The van der Waals surface area contributed by atoms with Crippen LogP contribution < -0.4 is 0 Å². The lowest BCUT2D eigenvalue weighted by Gasteiger charge is -2.28. The van der Waals surface area contributed by atoms with Crippen LogP contribution in [0, 0.1) is 11.8 Å². The Hall–Kier alpha value is -1.57. The largest absolute Gasteiger partial charge is 0.347 e. The molecule has 2 aromatic rings. The minimum absolute atomic E-state index is 0.185. The number of aryl methyl sites for hydroxylation is 2. The molecular weight excluding hydrogens is 330 g/mol. The van der Waals surface area contributed by atoms with E-state index in [2.05, 4.69) is 42.8 Å². The Morgan fingerprint density at radius 3 is 2.30 bits per heavy atom. The lowest BCUT2D eigenvalue weighted by molar-refractivity contribution is 0.101. The first-order valence-electron chi connectivity index (χ1n) is 11.3. The maximum absolute atomic E-state index is 12.2. The highest BCUT2D eigenvalue weighted by Gasteiger charge is 2.21. The van der Waals surface area contributed by atoms with Crippen molar-refractivity contribution in [2.24, 2.45) is 11.8 Å². The third kappa shape index (κ3) is 4.83. The van der Waals surface area contributed by atoms with Crippen molar-refractivity contribution >= 4 is 16.7 Å². The van der Waals surface area contributed by atoms with Gasteiger partial charge in [-0.2, -0.15) is 0 Å². The van der Waals surface area contributed by atoms with E-state index in [0.29, 0.717) is 0 Å². The molecular formula is C25H37NO. The average Bonchev–Trinajstić information content (AvgIpc) is 3.06. The summed E-state index contributed by atoms with van der Waals surface area (Å²) in [5, 5.41) is 1.18. The van der Waals surface area contributed by atoms with E-state index < -0.39 is 0 Å². The van der Waals surface area contributed by atoms with Crippen LogP contribution in [0.3, 0.4) is 0 Å². The summed E-state index contributed by atoms with van der Waals surface area (Å²) in [5.41, 5.74) is 3.43. The van der Waals surface area contributed by atoms with Gasteiger partial charge in [0.15, 0.2) is 5.78 Å². The second-order valence-electron chi connectivity index (χ2n) is 8.63. The fourth-order valence-corrected chi connectivity index (χ4v) is 5.03. The molecule has 2 heteroatoms. The van der Waals surface area contributed by atoms with Crippen molar-refractivity contribution in [2.45, 2.75) is 91.5 Å². The predicted octanol–water partition coefficient (Wildman–Crippen LogP) is 7.18. The summed E-state index contributed by atoms with van der Waals surface area (Å²) >= 11 is 0. The van der Waals surface area contributed by atoms with Gasteiger partial charge in [0.1, 0.15) is 0 Å². The molecule has 0 bridgehead atoms. The first-order valence-corrected chi connectivity index (χ1v) is 11.3. The van der Waals surface area contributed by atoms with E-state index in [-0.39, 0.29) is 5.78 Å². The lowest BCUT2D eigenvalue weighted by atomic mass is 9.78. The summed E-state index contributed by atoms with van der Waals surface area (Å²) in [6.07, 6.45) is 15.6. The molecule has 0 spiro atoms. The number of ketones is 1. The Bertz CT molecular complexity index is 749. The molecule has 1 saturated carbocycles. The number of rotatable bonds is 9. The molecule has 0 N–H and O–H groups in total. The summed E-state index contributed by atoms with van der Waals surface area (Å²) in [7, 11) is 0. The van der Waals surface area contributed by atoms with Crippen LogP contribution in [0.15, 0.2) is 24.4 Å².